The van der Waals surface area contributed by atoms with E-state index in [1.165, 1.54) is 4.57 Å². The summed E-state index contributed by atoms with van der Waals surface area (Å²) >= 11 is 0. The second-order valence-corrected chi connectivity index (χ2v) is 7.84. The topological polar surface area (TPSA) is 93.3 Å². The van der Waals surface area contributed by atoms with Crippen LogP contribution in [0.5, 0.6) is 0 Å². The summed E-state index contributed by atoms with van der Waals surface area (Å²) in [6.07, 6.45) is 0. The van der Waals surface area contributed by atoms with Crippen molar-refractivity contribution in [3.05, 3.63) is 100 Å². The maximum Gasteiger partial charge on any atom is 0.262 e. The molecule has 2 heterocycles. The summed E-state index contributed by atoms with van der Waals surface area (Å²) in [5.41, 5.74) is 3.84. The zero-order valence-electron chi connectivity index (χ0n) is 18.2. The zero-order valence-corrected chi connectivity index (χ0v) is 18.2. The summed E-state index contributed by atoms with van der Waals surface area (Å²) in [6, 6.07) is 22.2. The van der Waals surface area contributed by atoms with Crippen LogP contribution in [0.25, 0.3) is 16.7 Å². The van der Waals surface area contributed by atoms with Gasteiger partial charge in [0.1, 0.15) is 0 Å². The molecule has 5 aromatic rings. The Balaban J connectivity index is 1.44. The minimum absolute atomic E-state index is 0.109. The zero-order chi connectivity index (χ0) is 22.9. The van der Waals surface area contributed by atoms with Crippen LogP contribution in [-0.4, -0.2) is 25.1 Å². The van der Waals surface area contributed by atoms with Gasteiger partial charge in [-0.2, -0.15) is 0 Å². The van der Waals surface area contributed by atoms with Gasteiger partial charge < -0.3 is 10.6 Å². The third-order valence-corrected chi connectivity index (χ3v) is 5.66. The number of hydrogen-bond acceptors (Lipinski definition) is 5. The normalized spacial score (nSPS) is 11.1. The van der Waals surface area contributed by atoms with Gasteiger partial charge in [-0.25, -0.2) is 0 Å². The number of rotatable bonds is 5. The molecule has 1 amide bonds. The lowest BCUT2D eigenvalue weighted by Gasteiger charge is -2.13. The van der Waals surface area contributed by atoms with Gasteiger partial charge >= 0.3 is 0 Å². The molecule has 0 fully saturated rings. The Morgan fingerprint density at radius 1 is 0.970 bits per heavy atom. The molecule has 0 bridgehead atoms. The van der Waals surface area contributed by atoms with Crippen LogP contribution in [0.3, 0.4) is 0 Å². The van der Waals surface area contributed by atoms with Crippen LogP contribution in [0.4, 0.5) is 11.4 Å². The Hall–Kier alpha value is -4.46. The first-order valence-electron chi connectivity index (χ1n) is 10.6. The number of aromatic nitrogens is 4. The molecule has 3 aromatic carbocycles. The second kappa shape index (κ2) is 8.23. The molecule has 0 atom stereocenters. The summed E-state index contributed by atoms with van der Waals surface area (Å²) in [6.45, 7) is 2.38. The molecule has 33 heavy (non-hydrogen) atoms. The van der Waals surface area contributed by atoms with Gasteiger partial charge in [0, 0.05) is 24.0 Å². The summed E-state index contributed by atoms with van der Waals surface area (Å²) < 4.78 is 3.39. The van der Waals surface area contributed by atoms with E-state index in [4.69, 9.17) is 0 Å². The number of aryl methyl sites for hydroxylation is 2. The average molecular weight is 438 g/mol. The van der Waals surface area contributed by atoms with Crippen molar-refractivity contribution in [1.29, 1.82) is 0 Å². The number of amides is 1. The van der Waals surface area contributed by atoms with Crippen LogP contribution in [0.1, 0.15) is 21.7 Å². The summed E-state index contributed by atoms with van der Waals surface area (Å²) in [7, 11) is 1.69. The summed E-state index contributed by atoms with van der Waals surface area (Å²) in [5, 5.41) is 15.5. The van der Waals surface area contributed by atoms with Crippen LogP contribution in [0, 0.1) is 6.92 Å². The van der Waals surface area contributed by atoms with Crippen molar-refractivity contribution < 1.29 is 4.79 Å². The third-order valence-electron chi connectivity index (χ3n) is 5.66. The SMILES string of the molecule is Cc1ccc(NC(=O)c2ccccc2)cc1NCc1nnc2n(C)c(=O)c3ccccc3n12. The van der Waals surface area contributed by atoms with Crippen molar-refractivity contribution in [2.24, 2.45) is 7.05 Å². The standard InChI is InChI=1S/C25H22N6O2/c1-16-12-13-18(27-23(32)17-8-4-3-5-9-17)14-20(16)26-15-22-28-29-25-30(2)24(33)19-10-6-7-11-21(19)31(22)25/h3-14,26H,15H2,1-2H3,(H,27,32). The second-order valence-electron chi connectivity index (χ2n) is 7.84. The smallest absolute Gasteiger partial charge is 0.262 e. The van der Waals surface area contributed by atoms with E-state index >= 15 is 0 Å². The maximum absolute atomic E-state index is 12.6. The van der Waals surface area contributed by atoms with E-state index in [-0.39, 0.29) is 11.5 Å². The first-order chi connectivity index (χ1) is 16.0. The fourth-order valence-corrected chi connectivity index (χ4v) is 3.86. The summed E-state index contributed by atoms with van der Waals surface area (Å²) in [5.74, 6) is 0.993. The molecule has 5 rings (SSSR count). The number of carbonyl (C=O) groups excluding carboxylic acids is 1. The van der Waals surface area contributed by atoms with Crippen molar-refractivity contribution in [2.75, 3.05) is 10.6 Å². The van der Waals surface area contributed by atoms with E-state index in [9.17, 15) is 9.59 Å². The predicted octanol–water partition coefficient (Wildman–Crippen LogP) is 3.75. The van der Waals surface area contributed by atoms with Gasteiger partial charge in [-0.3, -0.25) is 18.6 Å². The lowest BCUT2D eigenvalue weighted by Crippen LogP contribution is -2.20. The van der Waals surface area contributed by atoms with Gasteiger partial charge in [-0.05, 0) is 48.9 Å². The molecule has 164 valence electrons. The van der Waals surface area contributed by atoms with Crippen LogP contribution >= 0.6 is 0 Å². The van der Waals surface area contributed by atoms with Crippen LogP contribution in [0.15, 0.2) is 77.6 Å². The van der Waals surface area contributed by atoms with E-state index in [0.717, 1.165) is 16.8 Å². The number of nitrogens with zero attached hydrogens (tertiary/aromatic N) is 4. The molecule has 8 heteroatoms. The summed E-state index contributed by atoms with van der Waals surface area (Å²) in [4.78, 5) is 25.1. The van der Waals surface area contributed by atoms with Crippen molar-refractivity contribution in [3.63, 3.8) is 0 Å². The molecule has 8 nitrogen and oxygen atoms in total. The molecule has 0 aliphatic carbocycles. The molecule has 0 spiro atoms. The highest BCUT2D eigenvalue weighted by Crippen LogP contribution is 2.22. The predicted molar refractivity (Wildman–Crippen MR) is 129 cm³/mol. The van der Waals surface area contributed by atoms with Crippen molar-refractivity contribution in [1.82, 2.24) is 19.2 Å². The lowest BCUT2D eigenvalue weighted by molar-refractivity contribution is 0.102. The van der Waals surface area contributed by atoms with Gasteiger partial charge in [-0.1, -0.05) is 36.4 Å². The number of fused-ring (bicyclic) bond motifs is 3. The Morgan fingerprint density at radius 3 is 2.55 bits per heavy atom. The van der Waals surface area contributed by atoms with Gasteiger partial charge in [0.25, 0.3) is 11.5 Å². The first-order valence-corrected chi connectivity index (χ1v) is 10.6. The largest absolute Gasteiger partial charge is 0.377 e. The Bertz CT molecular complexity index is 1550. The van der Waals surface area contributed by atoms with Crippen molar-refractivity contribution >= 4 is 34.0 Å². The highest BCUT2D eigenvalue weighted by Gasteiger charge is 2.15. The molecule has 0 aliphatic rings. The quantitative estimate of drug-likeness (QED) is 0.436. The average Bonchev–Trinajstić information content (AvgIpc) is 3.27. The Kier molecular flexibility index (Phi) is 5.10. The van der Waals surface area contributed by atoms with Crippen molar-refractivity contribution in [2.45, 2.75) is 13.5 Å². The minimum Gasteiger partial charge on any atom is -0.377 e. The molecular formula is C25H22N6O2. The number of anilines is 2. The molecular weight excluding hydrogens is 416 g/mol. The van der Waals surface area contributed by atoms with Gasteiger partial charge in [0.2, 0.25) is 5.78 Å². The number of hydrogen-bond donors (Lipinski definition) is 2. The monoisotopic (exact) mass is 438 g/mol. The van der Waals surface area contributed by atoms with Crippen LogP contribution < -0.4 is 16.2 Å². The Labute approximate surface area is 189 Å². The molecule has 0 unspecified atom stereocenters. The number of para-hydroxylation sites is 1. The Morgan fingerprint density at radius 2 is 1.73 bits per heavy atom. The number of benzene rings is 3. The van der Waals surface area contributed by atoms with Crippen LogP contribution in [-0.2, 0) is 13.6 Å². The highest BCUT2D eigenvalue weighted by molar-refractivity contribution is 6.04. The molecule has 0 saturated heterocycles. The first kappa shape index (κ1) is 20.4. The fraction of sp³-hybridized carbons (Fsp3) is 0.120. The number of carbonyl (C=O) groups is 1. The van der Waals surface area contributed by atoms with E-state index in [1.807, 2.05) is 65.9 Å². The number of nitrogens with one attached hydrogen (secondary N) is 2. The lowest BCUT2D eigenvalue weighted by atomic mass is 10.1. The highest BCUT2D eigenvalue weighted by atomic mass is 16.1. The van der Waals surface area contributed by atoms with E-state index < -0.39 is 0 Å². The van der Waals surface area contributed by atoms with E-state index in [0.29, 0.717) is 34.8 Å². The van der Waals surface area contributed by atoms with Gasteiger partial charge in [0.15, 0.2) is 5.82 Å². The fourth-order valence-electron chi connectivity index (χ4n) is 3.86. The van der Waals surface area contributed by atoms with Gasteiger partial charge in [-0.15, -0.1) is 10.2 Å². The maximum atomic E-state index is 12.6. The van der Waals surface area contributed by atoms with Gasteiger partial charge in [0.05, 0.1) is 17.4 Å². The van der Waals surface area contributed by atoms with E-state index in [1.54, 1.807) is 25.2 Å². The molecule has 0 radical (unpaired) electrons. The van der Waals surface area contributed by atoms with Crippen molar-refractivity contribution in [3.8, 4) is 0 Å². The molecule has 0 aliphatic heterocycles. The van der Waals surface area contributed by atoms with Crippen LogP contribution in [0.2, 0.25) is 0 Å². The molecule has 0 saturated carbocycles. The van der Waals surface area contributed by atoms with E-state index in [2.05, 4.69) is 20.8 Å². The molecule has 2 N–H and O–H groups in total. The minimum atomic E-state index is -0.166. The third kappa shape index (κ3) is 3.71. The molecule has 2 aromatic heterocycles.